The first-order chi connectivity index (χ1) is 16.1. The molecule has 4 fully saturated rings. The Balaban J connectivity index is 0.978. The Hall–Kier alpha value is -2.85. The summed E-state index contributed by atoms with van der Waals surface area (Å²) in [5.74, 6) is 0.588. The van der Waals surface area contributed by atoms with E-state index in [-0.39, 0.29) is 23.2 Å². The molecule has 0 unspecified atom stereocenters. The summed E-state index contributed by atoms with van der Waals surface area (Å²) in [4.78, 5) is 22.4. The first-order valence-electron chi connectivity index (χ1n) is 11.7. The number of rotatable bonds is 4. The number of nitrogens with zero attached hydrogens (tertiary/aromatic N) is 6. The Morgan fingerprint density at radius 1 is 1.15 bits per heavy atom. The van der Waals surface area contributed by atoms with Gasteiger partial charge in [-0.25, -0.2) is 18.9 Å². The van der Waals surface area contributed by atoms with E-state index in [1.165, 1.54) is 12.8 Å². The fourth-order valence-corrected chi connectivity index (χ4v) is 5.50. The van der Waals surface area contributed by atoms with E-state index in [2.05, 4.69) is 10.1 Å². The van der Waals surface area contributed by atoms with Crippen molar-refractivity contribution in [3.8, 4) is 0 Å². The first kappa shape index (κ1) is 21.7. The van der Waals surface area contributed by atoms with Gasteiger partial charge in [-0.05, 0) is 43.9 Å². The van der Waals surface area contributed by atoms with E-state index in [9.17, 15) is 22.4 Å². The molecule has 6 rings (SSSR count). The minimum absolute atomic E-state index is 0.0246. The van der Waals surface area contributed by atoms with Crippen LogP contribution in [0.15, 0.2) is 24.5 Å². The minimum Gasteiger partial charge on any atom is -0.366 e. The van der Waals surface area contributed by atoms with Crippen molar-refractivity contribution in [1.82, 2.24) is 24.6 Å². The van der Waals surface area contributed by atoms with Gasteiger partial charge in [-0.3, -0.25) is 0 Å². The molecule has 182 valence electrons. The molecule has 7 nitrogen and oxygen atoms in total. The van der Waals surface area contributed by atoms with Gasteiger partial charge < -0.3 is 14.7 Å². The van der Waals surface area contributed by atoms with Crippen LogP contribution >= 0.6 is 0 Å². The summed E-state index contributed by atoms with van der Waals surface area (Å²) in [7, 11) is 1.64. The summed E-state index contributed by atoms with van der Waals surface area (Å²) in [5.41, 5.74) is -0.729. The monoisotopic (exact) mass is 478 g/mol. The van der Waals surface area contributed by atoms with Crippen LogP contribution in [0.3, 0.4) is 0 Å². The lowest BCUT2D eigenvalue weighted by atomic mass is 9.61. The van der Waals surface area contributed by atoms with Crippen molar-refractivity contribution in [1.29, 1.82) is 0 Å². The lowest BCUT2D eigenvalue weighted by Gasteiger charge is -2.60. The Morgan fingerprint density at radius 2 is 1.85 bits per heavy atom. The normalized spacial score (nSPS) is 22.4. The highest BCUT2D eigenvalue weighted by atomic mass is 19.4. The average Bonchev–Trinajstić information content (AvgIpc) is 3.42. The third-order valence-corrected chi connectivity index (χ3v) is 7.84. The Morgan fingerprint density at radius 3 is 2.47 bits per heavy atom. The number of aromatic nitrogens is 3. The lowest BCUT2D eigenvalue weighted by molar-refractivity contribution is -0.137. The van der Waals surface area contributed by atoms with Gasteiger partial charge in [-0.15, -0.1) is 0 Å². The summed E-state index contributed by atoms with van der Waals surface area (Å²) >= 11 is 0. The van der Waals surface area contributed by atoms with Crippen molar-refractivity contribution in [2.75, 3.05) is 38.1 Å². The fourth-order valence-electron chi connectivity index (χ4n) is 5.50. The molecule has 2 aliphatic heterocycles. The molecule has 2 aromatic rings. The van der Waals surface area contributed by atoms with Crippen LogP contribution in [0.2, 0.25) is 0 Å². The van der Waals surface area contributed by atoms with Gasteiger partial charge >= 0.3 is 12.2 Å². The van der Waals surface area contributed by atoms with Crippen molar-refractivity contribution >= 4 is 11.7 Å². The van der Waals surface area contributed by atoms with E-state index in [4.69, 9.17) is 0 Å². The van der Waals surface area contributed by atoms with Crippen molar-refractivity contribution in [3.05, 3.63) is 41.7 Å². The van der Waals surface area contributed by atoms with E-state index in [0.717, 1.165) is 43.9 Å². The fraction of sp³-hybridized carbons (Fsp3) is 0.609. The van der Waals surface area contributed by atoms with E-state index < -0.39 is 17.6 Å². The van der Waals surface area contributed by atoms with Crippen LogP contribution in [0, 0.1) is 11.2 Å². The molecular weight excluding hydrogens is 452 g/mol. The molecule has 2 saturated carbocycles. The molecule has 1 aromatic heterocycles. The zero-order valence-electron chi connectivity index (χ0n) is 18.8. The van der Waals surface area contributed by atoms with E-state index in [0.29, 0.717) is 31.1 Å². The van der Waals surface area contributed by atoms with Crippen LogP contribution in [0.4, 0.5) is 28.0 Å². The number of hydrogen-bond donors (Lipinski definition) is 0. The number of alkyl halides is 3. The second kappa shape index (κ2) is 7.32. The number of amides is 2. The van der Waals surface area contributed by atoms with Gasteiger partial charge in [0.1, 0.15) is 12.1 Å². The van der Waals surface area contributed by atoms with Gasteiger partial charge in [0, 0.05) is 44.6 Å². The number of likely N-dealkylation sites (N-methyl/N-ethyl adjacent to an activating group) is 1. The molecule has 1 spiro atoms. The number of halogens is 4. The molecule has 34 heavy (non-hydrogen) atoms. The first-order valence-corrected chi connectivity index (χ1v) is 11.7. The Bertz CT molecular complexity index is 1110. The van der Waals surface area contributed by atoms with E-state index in [1.54, 1.807) is 16.8 Å². The number of benzene rings is 1. The van der Waals surface area contributed by atoms with Crippen LogP contribution in [-0.4, -0.2) is 69.9 Å². The number of hydrogen-bond acceptors (Lipinski definition) is 4. The quantitative estimate of drug-likeness (QED) is 0.626. The summed E-state index contributed by atoms with van der Waals surface area (Å²) in [5, 5.41) is 4.63. The maximum atomic E-state index is 14.3. The van der Waals surface area contributed by atoms with E-state index >= 15 is 0 Å². The molecule has 1 aromatic carbocycles. The van der Waals surface area contributed by atoms with Crippen LogP contribution in [-0.2, 0) is 6.18 Å². The molecule has 0 bridgehead atoms. The number of anilines is 1. The predicted octanol–water partition coefficient (Wildman–Crippen LogP) is 3.89. The average molecular weight is 478 g/mol. The van der Waals surface area contributed by atoms with Gasteiger partial charge in [0.25, 0.3) is 0 Å². The molecule has 11 heteroatoms. The van der Waals surface area contributed by atoms with Crippen LogP contribution in [0.25, 0.3) is 0 Å². The maximum absolute atomic E-state index is 14.3. The standard InChI is InChI=1S/C23H26F4N6O/c1-30(19-5-4-15(6-18(19)24)23(25,26)27)17-9-31(10-17)21(34)32-11-22(12-32)7-16(8-22)33-13-28-20(29-33)14-2-3-14/h4-6,13-14,16-17H,2-3,7-12H2,1H3. The van der Waals surface area contributed by atoms with Crippen LogP contribution in [0.5, 0.6) is 0 Å². The number of carbonyl (C=O) groups excluding carboxylic acids is 1. The molecule has 0 atom stereocenters. The lowest BCUT2D eigenvalue weighted by Crippen LogP contribution is -2.70. The summed E-state index contributed by atoms with van der Waals surface area (Å²) in [6.45, 7) is 2.31. The molecule has 0 radical (unpaired) electrons. The van der Waals surface area contributed by atoms with E-state index in [1.807, 2.05) is 15.9 Å². The number of urea groups is 1. The van der Waals surface area contributed by atoms with Gasteiger partial charge in [-0.2, -0.15) is 18.3 Å². The van der Waals surface area contributed by atoms with Crippen molar-refractivity contribution in [2.45, 2.75) is 49.9 Å². The molecular formula is C23H26F4N6O. The summed E-state index contributed by atoms with van der Waals surface area (Å²) in [6, 6.07) is 2.75. The molecule has 4 aliphatic rings. The SMILES string of the molecule is CN(c1ccc(C(F)(F)F)cc1F)C1CN(C(=O)N2CC3(CC(n4cnc(C5CC5)n4)C3)C2)C1. The molecule has 0 N–H and O–H groups in total. The third-order valence-electron chi connectivity index (χ3n) is 7.84. The molecule has 2 saturated heterocycles. The Labute approximate surface area is 194 Å². The minimum atomic E-state index is -4.58. The molecule has 2 aliphatic carbocycles. The summed E-state index contributed by atoms with van der Waals surface area (Å²) in [6.07, 6.45) is 1.63. The highest BCUT2D eigenvalue weighted by Gasteiger charge is 2.55. The zero-order valence-corrected chi connectivity index (χ0v) is 18.8. The second-order valence-electron chi connectivity index (χ2n) is 10.4. The number of likely N-dealkylation sites (tertiary alicyclic amines) is 2. The van der Waals surface area contributed by atoms with Crippen LogP contribution < -0.4 is 4.90 Å². The van der Waals surface area contributed by atoms with Gasteiger partial charge in [-0.1, -0.05) is 0 Å². The highest BCUT2D eigenvalue weighted by Crippen LogP contribution is 2.54. The topological polar surface area (TPSA) is 57.5 Å². The van der Waals surface area contributed by atoms with Gasteiger partial charge in [0.05, 0.1) is 23.3 Å². The summed E-state index contributed by atoms with van der Waals surface area (Å²) < 4.78 is 54.6. The van der Waals surface area contributed by atoms with Crippen molar-refractivity contribution < 1.29 is 22.4 Å². The largest absolute Gasteiger partial charge is 0.416 e. The third kappa shape index (κ3) is 3.60. The maximum Gasteiger partial charge on any atom is 0.416 e. The molecule has 3 heterocycles. The highest BCUT2D eigenvalue weighted by molar-refractivity contribution is 5.77. The predicted molar refractivity (Wildman–Crippen MR) is 115 cm³/mol. The van der Waals surface area contributed by atoms with Gasteiger partial charge in [0.2, 0.25) is 0 Å². The second-order valence-corrected chi connectivity index (χ2v) is 10.4. The zero-order chi connectivity index (χ0) is 23.8. The van der Waals surface area contributed by atoms with Crippen molar-refractivity contribution in [2.24, 2.45) is 5.41 Å². The molecule has 2 amide bonds. The van der Waals surface area contributed by atoms with Crippen LogP contribution in [0.1, 0.15) is 49.0 Å². The van der Waals surface area contributed by atoms with Gasteiger partial charge in [0.15, 0.2) is 5.82 Å². The smallest absolute Gasteiger partial charge is 0.366 e. The Kier molecular flexibility index (Phi) is 4.67. The number of carbonyl (C=O) groups is 1. The van der Waals surface area contributed by atoms with Crippen molar-refractivity contribution in [3.63, 3.8) is 0 Å².